The van der Waals surface area contributed by atoms with Gasteiger partial charge in [-0.15, -0.1) is 0 Å². The molecule has 0 amide bonds. The lowest BCUT2D eigenvalue weighted by molar-refractivity contribution is 0.172. The molecule has 0 aliphatic carbocycles. The molecule has 10 atom stereocenters. The molecule has 0 spiro atoms. The fraction of sp³-hybridized carbons (Fsp3) is 1.00. The van der Waals surface area contributed by atoms with E-state index >= 15 is 0 Å². The minimum Gasteiger partial charge on any atom is -0.441 e. The smallest absolute Gasteiger partial charge is 0.441 e. The number of hydrogen-bond donors (Lipinski definition) is 0. The fourth-order valence-electron chi connectivity index (χ4n) is 7.31. The summed E-state index contributed by atoms with van der Waals surface area (Å²) in [5.74, 6) is 0. The third kappa shape index (κ3) is 34.9. The van der Waals surface area contributed by atoms with Gasteiger partial charge in [-0.05, 0) is 133 Å². The van der Waals surface area contributed by atoms with E-state index in [-0.39, 0.29) is 6.10 Å². The van der Waals surface area contributed by atoms with Gasteiger partial charge in [0.1, 0.15) is 0 Å². The molecular formula is C30H102O19Si20. The molecule has 0 aromatic heterocycles. The van der Waals surface area contributed by atoms with Crippen molar-refractivity contribution in [1.82, 2.24) is 0 Å². The van der Waals surface area contributed by atoms with Gasteiger partial charge in [0.2, 0.25) is 0 Å². The van der Waals surface area contributed by atoms with Crippen molar-refractivity contribution in [3.63, 3.8) is 0 Å². The monoisotopic (exact) mass is 1330 g/mol. The topological polar surface area (TPSA) is 175 Å². The van der Waals surface area contributed by atoms with E-state index in [0.717, 1.165) is 54.4 Å². The summed E-state index contributed by atoms with van der Waals surface area (Å²) in [6, 6.07) is 8.01. The van der Waals surface area contributed by atoms with Crippen LogP contribution in [0.1, 0.15) is 62.3 Å². The van der Waals surface area contributed by atoms with E-state index in [1.54, 1.807) is 0 Å². The van der Waals surface area contributed by atoms with Crippen LogP contribution in [0.4, 0.5) is 0 Å². The Morgan fingerprint density at radius 2 is 0.565 bits per heavy atom. The van der Waals surface area contributed by atoms with Gasteiger partial charge in [-0.3, -0.25) is 0 Å². The molecule has 69 heavy (non-hydrogen) atoms. The summed E-state index contributed by atoms with van der Waals surface area (Å²) in [6.45, 7) is 41.2. The van der Waals surface area contributed by atoms with Crippen LogP contribution < -0.4 is 0 Å². The van der Waals surface area contributed by atoms with Gasteiger partial charge in [-0.1, -0.05) is 55.4 Å². The molecule has 416 valence electrons. The zero-order valence-electron chi connectivity index (χ0n) is 46.7. The Hall–Kier alpha value is 3.58. The second-order valence-electron chi connectivity index (χ2n) is 15.8. The first kappa shape index (κ1) is 72.6. The molecule has 39 heteroatoms. The maximum Gasteiger partial charge on any atom is 0.635 e. The van der Waals surface area contributed by atoms with Gasteiger partial charge in [-0.2, -0.15) is 0 Å². The highest BCUT2D eigenvalue weighted by Crippen LogP contribution is 2.21. The highest BCUT2D eigenvalue weighted by molar-refractivity contribution is 6.77. The average molecular weight is 1330 g/mol. The van der Waals surface area contributed by atoms with Crippen molar-refractivity contribution >= 4 is 187 Å². The highest BCUT2D eigenvalue weighted by Gasteiger charge is 2.44. The maximum atomic E-state index is 6.97. The fourth-order valence-corrected chi connectivity index (χ4v) is 73.0. The third-order valence-electron chi connectivity index (χ3n) is 9.63. The van der Waals surface area contributed by atoms with E-state index in [1.807, 2.05) is 55.4 Å². The van der Waals surface area contributed by atoms with Gasteiger partial charge in [0.05, 0.1) is 0 Å². The molecule has 4 rings (SSSR count). The van der Waals surface area contributed by atoms with Gasteiger partial charge >= 0.3 is 46.2 Å². The quantitative estimate of drug-likeness (QED) is 0.118. The van der Waals surface area contributed by atoms with Crippen molar-refractivity contribution in [3.8, 4) is 0 Å². The van der Waals surface area contributed by atoms with Gasteiger partial charge in [-0.25, -0.2) is 0 Å². The molecular weight excluding hydrogens is 1230 g/mol. The van der Waals surface area contributed by atoms with Crippen LogP contribution in [0, 0.1) is 0 Å². The summed E-state index contributed by atoms with van der Waals surface area (Å²) in [5, 5.41) is 0. The summed E-state index contributed by atoms with van der Waals surface area (Å²) < 4.78 is 123. The van der Waals surface area contributed by atoms with Crippen molar-refractivity contribution in [2.45, 2.75) is 195 Å². The predicted octanol–water partition coefficient (Wildman–Crippen LogP) is 0.0321. The summed E-state index contributed by atoms with van der Waals surface area (Å²) in [5.41, 5.74) is 0. The molecule has 0 N–H and O–H groups in total. The zero-order chi connectivity index (χ0) is 52.4. The van der Waals surface area contributed by atoms with Gasteiger partial charge in [0, 0.05) is 6.10 Å². The van der Waals surface area contributed by atoms with Crippen LogP contribution in [-0.4, -0.2) is 193 Å². The van der Waals surface area contributed by atoms with E-state index in [1.165, 1.54) is 0 Å². The van der Waals surface area contributed by atoms with Crippen LogP contribution in [0.5, 0.6) is 0 Å². The molecule has 0 aromatic carbocycles. The van der Waals surface area contributed by atoms with Gasteiger partial charge in [0.25, 0.3) is 92.8 Å². The van der Waals surface area contributed by atoms with Crippen molar-refractivity contribution in [1.29, 1.82) is 0 Å². The summed E-state index contributed by atoms with van der Waals surface area (Å²) in [6.07, 6.45) is 0.173. The van der Waals surface area contributed by atoms with E-state index < -0.39 is 187 Å². The van der Waals surface area contributed by atoms with E-state index in [4.69, 9.17) is 78.5 Å². The van der Waals surface area contributed by atoms with Crippen molar-refractivity contribution < 1.29 is 78.5 Å². The Labute approximate surface area is 456 Å². The number of hydrogen-bond acceptors (Lipinski definition) is 19. The first-order valence-electron chi connectivity index (χ1n) is 26.4. The summed E-state index contributed by atoms with van der Waals surface area (Å²) in [7, 11) is -34.5. The molecule has 0 bridgehead atoms. The van der Waals surface area contributed by atoms with E-state index in [2.05, 4.69) is 78.9 Å². The second kappa shape index (κ2) is 44.4. The summed E-state index contributed by atoms with van der Waals surface area (Å²) in [4.78, 5) is 0. The molecule has 0 radical (unpaired) electrons. The van der Waals surface area contributed by atoms with E-state index in [9.17, 15) is 0 Å². The Bertz CT molecular complexity index is 981. The third-order valence-corrected chi connectivity index (χ3v) is 71.2. The molecule has 10 unspecified atom stereocenters. The minimum atomic E-state index is -3.47. The molecule has 0 aromatic rings. The predicted molar refractivity (Wildman–Crippen MR) is 330 cm³/mol. The Balaban J connectivity index is 0.00000548. The summed E-state index contributed by atoms with van der Waals surface area (Å²) >= 11 is 0. The van der Waals surface area contributed by atoms with E-state index in [0.29, 0.717) is 0 Å². The lowest BCUT2D eigenvalue weighted by Crippen LogP contribution is -2.53. The molecule has 0 saturated carbocycles. The van der Waals surface area contributed by atoms with Crippen LogP contribution in [-0.2, 0) is 78.5 Å². The second-order valence-corrected chi connectivity index (χ2v) is 60.5. The van der Waals surface area contributed by atoms with Crippen molar-refractivity contribution in [2.75, 3.05) is 0 Å². The normalized spacial score (nSPS) is 36.3. The van der Waals surface area contributed by atoms with Gasteiger partial charge < -0.3 is 78.5 Å². The molecule has 19 nitrogen and oxygen atoms in total. The van der Waals surface area contributed by atoms with Crippen LogP contribution in [0.25, 0.3) is 0 Å². The van der Waals surface area contributed by atoms with Crippen LogP contribution in [0.3, 0.4) is 0 Å². The Morgan fingerprint density at radius 1 is 0.348 bits per heavy atom. The van der Waals surface area contributed by atoms with Crippen molar-refractivity contribution in [2.24, 2.45) is 0 Å². The Morgan fingerprint density at radius 3 is 0.841 bits per heavy atom. The SMILES string of the molecule is CC.CC.CC.CC.CC1C[SiH](C)O[SiH](C)O[SiH](CC[SiH2]O[Si](O[SiH2]CC[SiH]2O[SiH](C)O[SiH](C)O[SiH](C)O2)(O[SiH2]CC[SiH]2O[SiH](C)O[SiH](C)O[SiH](C)O2)O[SiH2]CC[SiH]2O[SiH](C)O[SiH](C)O[SiH](C)O2)O1. The first-order valence-corrected chi connectivity index (χ1v) is 64.8. The molecule has 4 saturated heterocycles. The molecule has 4 aliphatic rings. The average Bonchev–Trinajstić information content (AvgIpc) is 3.26. The lowest BCUT2D eigenvalue weighted by Gasteiger charge is -2.33. The van der Waals surface area contributed by atoms with Crippen LogP contribution >= 0.6 is 0 Å². The van der Waals surface area contributed by atoms with Crippen LogP contribution in [0.2, 0.25) is 126 Å². The standard InChI is InChI=1S/C22H78O19Si20.4C2H6/c1-22-21-46(2)28-47(3)35-57(23-22)17-13-42-24-61(25-43-14-18-58-36-51(7)29-48(4)30-52(8)37-58,26-44-15-19-59-38-53(9)31-49(5)32-54(10)39-59)27-45-16-20-60-40-55(11)33-50(6)34-56(12)41-60;4*1-2/h22,46-60H,13-21,42-45H2,1-12H3;4*1-2H3. The van der Waals surface area contributed by atoms with Crippen molar-refractivity contribution in [3.05, 3.63) is 0 Å². The maximum absolute atomic E-state index is 6.97. The lowest BCUT2D eigenvalue weighted by atomic mass is 10.5. The zero-order valence-corrected chi connectivity index (χ0v) is 70.7. The number of rotatable bonds is 20. The molecule has 4 fully saturated rings. The minimum absolute atomic E-state index is 0.173. The van der Waals surface area contributed by atoms with Crippen LogP contribution in [0.15, 0.2) is 0 Å². The highest BCUT2D eigenvalue weighted by atomic mass is 28.5. The Kier molecular flexibility index (Phi) is 46.7. The molecule has 4 aliphatic heterocycles. The molecule has 4 heterocycles. The first-order chi connectivity index (χ1) is 33.0. The largest absolute Gasteiger partial charge is 0.635 e. The van der Waals surface area contributed by atoms with Gasteiger partial charge in [0.15, 0.2) is 48.1 Å².